The summed E-state index contributed by atoms with van der Waals surface area (Å²) in [6.45, 7) is 6.94. The molecule has 2 heterocycles. The topological polar surface area (TPSA) is 84.7 Å². The standard InChI is InChI=1S/C27H30FN3O4/c1-4-12-29-26(32)23-15-35-24(30-23)16-34-21-10-7-18-11-13-31(27(33)17(2)3)25(22(18)14-21)19-5-8-20(28)9-6-19/h5-10,14-15,17,25H,4,11-13,16H2,1-3H3,(H,29,32)/t25-/m1/s1. The molecule has 1 atom stereocenters. The van der Waals surface area contributed by atoms with E-state index in [1.807, 2.05) is 43.9 Å². The lowest BCUT2D eigenvalue weighted by molar-refractivity contribution is -0.136. The summed E-state index contributed by atoms with van der Waals surface area (Å²) in [5, 5.41) is 2.76. The highest BCUT2D eigenvalue weighted by atomic mass is 19.1. The van der Waals surface area contributed by atoms with Crippen LogP contribution in [0, 0.1) is 11.7 Å². The molecule has 1 aromatic heterocycles. The van der Waals surface area contributed by atoms with E-state index >= 15 is 0 Å². The number of carbonyl (C=O) groups excluding carboxylic acids is 2. The molecule has 1 aliphatic rings. The van der Waals surface area contributed by atoms with Crippen LogP contribution >= 0.6 is 0 Å². The van der Waals surface area contributed by atoms with Crippen LogP contribution < -0.4 is 10.1 Å². The van der Waals surface area contributed by atoms with E-state index in [0.29, 0.717) is 18.8 Å². The average molecular weight is 480 g/mol. The number of nitrogens with zero attached hydrogens (tertiary/aromatic N) is 2. The molecular formula is C27H30FN3O4. The molecule has 0 spiro atoms. The summed E-state index contributed by atoms with van der Waals surface area (Å²) in [6, 6.07) is 11.7. The van der Waals surface area contributed by atoms with Crippen molar-refractivity contribution in [2.45, 2.75) is 46.3 Å². The van der Waals surface area contributed by atoms with Crippen LogP contribution in [0.1, 0.15) is 66.3 Å². The van der Waals surface area contributed by atoms with Crippen LogP contribution in [-0.4, -0.2) is 34.8 Å². The van der Waals surface area contributed by atoms with E-state index < -0.39 is 0 Å². The number of benzene rings is 2. The molecule has 2 aromatic carbocycles. The predicted molar refractivity (Wildman–Crippen MR) is 128 cm³/mol. The molecule has 1 aliphatic heterocycles. The third-order valence-corrected chi connectivity index (χ3v) is 5.99. The Morgan fingerprint density at radius 2 is 2.00 bits per heavy atom. The first kappa shape index (κ1) is 24.4. The zero-order valence-electron chi connectivity index (χ0n) is 20.2. The van der Waals surface area contributed by atoms with Gasteiger partial charge in [-0.25, -0.2) is 9.37 Å². The normalized spacial score (nSPS) is 15.1. The predicted octanol–water partition coefficient (Wildman–Crippen LogP) is 4.66. The van der Waals surface area contributed by atoms with Gasteiger partial charge in [-0.15, -0.1) is 0 Å². The van der Waals surface area contributed by atoms with Crippen molar-refractivity contribution in [1.82, 2.24) is 15.2 Å². The lowest BCUT2D eigenvalue weighted by Gasteiger charge is -2.39. The molecule has 7 nitrogen and oxygen atoms in total. The van der Waals surface area contributed by atoms with Crippen molar-refractivity contribution in [3.05, 3.63) is 82.8 Å². The van der Waals surface area contributed by atoms with E-state index in [2.05, 4.69) is 10.3 Å². The van der Waals surface area contributed by atoms with Crippen molar-refractivity contribution < 1.29 is 23.1 Å². The number of aromatic nitrogens is 1. The second kappa shape index (κ2) is 10.7. The minimum atomic E-state index is -0.339. The third-order valence-electron chi connectivity index (χ3n) is 5.99. The summed E-state index contributed by atoms with van der Waals surface area (Å²) < 4.78 is 25.0. The molecule has 0 radical (unpaired) electrons. The van der Waals surface area contributed by atoms with Crippen LogP contribution in [-0.2, 0) is 17.8 Å². The van der Waals surface area contributed by atoms with Crippen molar-refractivity contribution in [2.24, 2.45) is 5.92 Å². The number of oxazole rings is 1. The van der Waals surface area contributed by atoms with Gasteiger partial charge in [-0.2, -0.15) is 0 Å². The summed E-state index contributed by atoms with van der Waals surface area (Å²) in [4.78, 5) is 31.2. The van der Waals surface area contributed by atoms with Gasteiger partial charge in [0.15, 0.2) is 12.3 Å². The first-order valence-corrected chi connectivity index (χ1v) is 11.9. The molecule has 0 unspecified atom stereocenters. The Bertz CT molecular complexity index is 1190. The molecule has 0 saturated carbocycles. The van der Waals surface area contributed by atoms with Crippen LogP contribution in [0.2, 0.25) is 0 Å². The molecule has 35 heavy (non-hydrogen) atoms. The lowest BCUT2D eigenvalue weighted by Crippen LogP contribution is -2.42. The van der Waals surface area contributed by atoms with Gasteiger partial charge in [0.1, 0.15) is 17.8 Å². The SMILES string of the molecule is CCCNC(=O)c1coc(COc2ccc3c(c2)[C@@H](c2ccc(F)cc2)N(C(=O)C(C)C)CC3)n1. The van der Waals surface area contributed by atoms with Gasteiger partial charge in [-0.05, 0) is 53.8 Å². The van der Waals surface area contributed by atoms with Gasteiger partial charge < -0.3 is 19.4 Å². The van der Waals surface area contributed by atoms with Crippen molar-refractivity contribution in [3.8, 4) is 5.75 Å². The molecule has 4 rings (SSSR count). The highest BCUT2D eigenvalue weighted by Gasteiger charge is 2.33. The van der Waals surface area contributed by atoms with E-state index in [1.165, 1.54) is 18.4 Å². The van der Waals surface area contributed by atoms with E-state index in [-0.39, 0.29) is 47.8 Å². The fourth-order valence-corrected chi connectivity index (χ4v) is 4.21. The quantitative estimate of drug-likeness (QED) is 0.508. The monoisotopic (exact) mass is 479 g/mol. The zero-order valence-corrected chi connectivity index (χ0v) is 20.2. The number of rotatable bonds is 8. The number of carbonyl (C=O) groups is 2. The molecular weight excluding hydrogens is 449 g/mol. The molecule has 0 bridgehead atoms. The number of amides is 2. The Labute approximate surface area is 204 Å². The smallest absolute Gasteiger partial charge is 0.273 e. The summed E-state index contributed by atoms with van der Waals surface area (Å²) >= 11 is 0. The number of fused-ring (bicyclic) bond motifs is 1. The minimum absolute atomic E-state index is 0.0463. The van der Waals surface area contributed by atoms with Crippen molar-refractivity contribution in [3.63, 3.8) is 0 Å². The molecule has 0 fully saturated rings. The van der Waals surface area contributed by atoms with Crippen molar-refractivity contribution in [1.29, 1.82) is 0 Å². The molecule has 8 heteroatoms. The molecule has 3 aromatic rings. The molecule has 0 aliphatic carbocycles. The zero-order chi connectivity index (χ0) is 24.9. The number of nitrogens with one attached hydrogen (secondary N) is 1. The second-order valence-corrected chi connectivity index (χ2v) is 8.92. The van der Waals surface area contributed by atoms with E-state index in [4.69, 9.17) is 9.15 Å². The minimum Gasteiger partial charge on any atom is -0.484 e. The molecule has 184 valence electrons. The Balaban J connectivity index is 1.57. The first-order valence-electron chi connectivity index (χ1n) is 11.9. The van der Waals surface area contributed by atoms with Crippen LogP contribution in [0.4, 0.5) is 4.39 Å². The first-order chi connectivity index (χ1) is 16.9. The van der Waals surface area contributed by atoms with E-state index in [1.54, 1.807) is 12.1 Å². The van der Waals surface area contributed by atoms with Crippen molar-refractivity contribution in [2.75, 3.05) is 13.1 Å². The second-order valence-electron chi connectivity index (χ2n) is 8.92. The van der Waals surface area contributed by atoms with Crippen LogP contribution in [0.25, 0.3) is 0 Å². The van der Waals surface area contributed by atoms with Crippen molar-refractivity contribution >= 4 is 11.8 Å². The van der Waals surface area contributed by atoms with Crippen LogP contribution in [0.5, 0.6) is 5.75 Å². The van der Waals surface area contributed by atoms with Crippen LogP contribution in [0.3, 0.4) is 0 Å². The highest BCUT2D eigenvalue weighted by Crippen LogP contribution is 2.38. The molecule has 0 saturated heterocycles. The summed E-state index contributed by atoms with van der Waals surface area (Å²) in [5.41, 5.74) is 3.11. The Morgan fingerprint density at radius 1 is 1.23 bits per heavy atom. The molecule has 1 N–H and O–H groups in total. The number of halogens is 1. The van der Waals surface area contributed by atoms with Crippen LogP contribution in [0.15, 0.2) is 53.1 Å². The largest absolute Gasteiger partial charge is 0.484 e. The van der Waals surface area contributed by atoms with E-state index in [0.717, 1.165) is 29.5 Å². The van der Waals surface area contributed by atoms with Gasteiger partial charge in [0, 0.05) is 19.0 Å². The number of hydrogen-bond donors (Lipinski definition) is 1. The lowest BCUT2D eigenvalue weighted by atomic mass is 9.87. The van der Waals surface area contributed by atoms with Gasteiger partial charge in [0.05, 0.1) is 6.04 Å². The molecule has 2 amide bonds. The number of hydrogen-bond acceptors (Lipinski definition) is 5. The maximum absolute atomic E-state index is 13.6. The Kier molecular flexibility index (Phi) is 7.48. The highest BCUT2D eigenvalue weighted by molar-refractivity contribution is 5.91. The average Bonchev–Trinajstić information content (AvgIpc) is 3.34. The van der Waals surface area contributed by atoms with Gasteiger partial charge >= 0.3 is 0 Å². The van der Waals surface area contributed by atoms with Gasteiger partial charge in [0.25, 0.3) is 5.91 Å². The van der Waals surface area contributed by atoms with Gasteiger partial charge in [-0.3, -0.25) is 9.59 Å². The van der Waals surface area contributed by atoms with Gasteiger partial charge in [0.2, 0.25) is 11.8 Å². The Hall–Kier alpha value is -3.68. The fourth-order valence-electron chi connectivity index (χ4n) is 4.21. The maximum atomic E-state index is 13.6. The van der Waals surface area contributed by atoms with E-state index in [9.17, 15) is 14.0 Å². The summed E-state index contributed by atoms with van der Waals surface area (Å²) in [7, 11) is 0. The summed E-state index contributed by atoms with van der Waals surface area (Å²) in [6.07, 6.45) is 2.87. The maximum Gasteiger partial charge on any atom is 0.273 e. The third kappa shape index (κ3) is 5.53. The summed E-state index contributed by atoms with van der Waals surface area (Å²) in [5.74, 6) is 0.156. The Morgan fingerprint density at radius 3 is 2.71 bits per heavy atom. The number of ether oxygens (including phenoxy) is 1. The van der Waals surface area contributed by atoms with Gasteiger partial charge in [-0.1, -0.05) is 39.0 Å². The fraction of sp³-hybridized carbons (Fsp3) is 0.370.